The summed E-state index contributed by atoms with van der Waals surface area (Å²) < 4.78 is 31.4. The molecule has 0 aromatic heterocycles. The molecule has 0 aromatic rings. The van der Waals surface area contributed by atoms with Crippen LogP contribution in [0, 0.1) is 0 Å². The van der Waals surface area contributed by atoms with Gasteiger partial charge in [-0.15, -0.1) is 0 Å². The second-order valence-electron chi connectivity index (χ2n) is 8.87. The molecule has 5 heteroatoms. The molecule has 2 N–H and O–H groups in total. The zero-order valence-corrected chi connectivity index (χ0v) is 20.2. The van der Waals surface area contributed by atoms with E-state index >= 15 is 0 Å². The quantitative estimate of drug-likeness (QED) is 0.137. The molecule has 0 aliphatic carbocycles. The third-order valence-electron chi connectivity index (χ3n) is 6.08. The molecule has 0 spiro atoms. The SMILES string of the molecule is CCCCCCCCCCCCCCC(O)CCCCCCC(CC)S(=O)(=O)O. The Morgan fingerprint density at radius 2 is 0.931 bits per heavy atom. The molecule has 2 unspecified atom stereocenters. The van der Waals surface area contributed by atoms with Crippen molar-refractivity contribution in [1.82, 2.24) is 0 Å². The van der Waals surface area contributed by atoms with Crippen molar-refractivity contribution < 1.29 is 18.1 Å². The van der Waals surface area contributed by atoms with Crippen LogP contribution in [-0.4, -0.2) is 29.4 Å². The monoisotopic (exact) mass is 434 g/mol. The average molecular weight is 435 g/mol. The number of unbranched alkanes of at least 4 members (excludes halogenated alkanes) is 14. The summed E-state index contributed by atoms with van der Waals surface area (Å²) in [6.45, 7) is 4.06. The predicted molar refractivity (Wildman–Crippen MR) is 125 cm³/mol. The van der Waals surface area contributed by atoms with Gasteiger partial charge in [0.25, 0.3) is 10.1 Å². The van der Waals surface area contributed by atoms with Gasteiger partial charge in [-0.2, -0.15) is 8.42 Å². The first-order valence-electron chi connectivity index (χ1n) is 12.6. The second-order valence-corrected chi connectivity index (χ2v) is 10.6. The maximum absolute atomic E-state index is 11.2. The number of hydrogen-bond donors (Lipinski definition) is 2. The fraction of sp³-hybridized carbons (Fsp3) is 1.00. The highest BCUT2D eigenvalue weighted by Crippen LogP contribution is 2.17. The van der Waals surface area contributed by atoms with Crippen molar-refractivity contribution in [3.8, 4) is 0 Å². The van der Waals surface area contributed by atoms with Crippen LogP contribution in [0.4, 0.5) is 0 Å². The van der Waals surface area contributed by atoms with Crippen molar-refractivity contribution in [1.29, 1.82) is 0 Å². The van der Waals surface area contributed by atoms with Crippen LogP contribution in [0.3, 0.4) is 0 Å². The lowest BCUT2D eigenvalue weighted by Gasteiger charge is -2.12. The van der Waals surface area contributed by atoms with E-state index in [9.17, 15) is 13.5 Å². The Morgan fingerprint density at radius 1 is 0.586 bits per heavy atom. The van der Waals surface area contributed by atoms with E-state index in [1.807, 2.05) is 0 Å². The molecule has 0 bridgehead atoms. The maximum Gasteiger partial charge on any atom is 0.267 e. The van der Waals surface area contributed by atoms with E-state index in [1.165, 1.54) is 70.6 Å². The highest BCUT2D eigenvalue weighted by molar-refractivity contribution is 7.86. The lowest BCUT2D eigenvalue weighted by molar-refractivity contribution is 0.147. The standard InChI is InChI=1S/C24H50O4S/c1-3-5-6-7-8-9-10-11-12-13-14-17-20-23(25)21-18-15-16-19-22-24(4-2)29(26,27)28/h23-25H,3-22H2,1-2H3,(H,26,27,28). The first kappa shape index (κ1) is 28.9. The molecular weight excluding hydrogens is 384 g/mol. The molecule has 0 amide bonds. The van der Waals surface area contributed by atoms with Gasteiger partial charge in [0.15, 0.2) is 0 Å². The van der Waals surface area contributed by atoms with E-state index in [0.717, 1.165) is 44.9 Å². The first-order valence-corrected chi connectivity index (χ1v) is 14.1. The van der Waals surface area contributed by atoms with E-state index in [0.29, 0.717) is 12.8 Å². The molecule has 0 aliphatic rings. The lowest BCUT2D eigenvalue weighted by atomic mass is 10.0. The summed E-state index contributed by atoms with van der Waals surface area (Å²) in [6, 6.07) is 0. The highest BCUT2D eigenvalue weighted by atomic mass is 32.2. The van der Waals surface area contributed by atoms with Crippen LogP contribution in [0.5, 0.6) is 0 Å². The highest BCUT2D eigenvalue weighted by Gasteiger charge is 2.19. The maximum atomic E-state index is 11.2. The Bertz CT molecular complexity index is 436. The fourth-order valence-electron chi connectivity index (χ4n) is 4.03. The van der Waals surface area contributed by atoms with Crippen LogP contribution in [0.2, 0.25) is 0 Å². The van der Waals surface area contributed by atoms with Crippen LogP contribution >= 0.6 is 0 Å². The van der Waals surface area contributed by atoms with Gasteiger partial charge in [0.1, 0.15) is 0 Å². The second kappa shape index (κ2) is 19.8. The van der Waals surface area contributed by atoms with Gasteiger partial charge >= 0.3 is 0 Å². The van der Waals surface area contributed by atoms with Gasteiger partial charge in [-0.05, 0) is 25.7 Å². The number of rotatable bonds is 22. The van der Waals surface area contributed by atoms with Gasteiger partial charge < -0.3 is 5.11 Å². The van der Waals surface area contributed by atoms with Crippen molar-refractivity contribution in [2.45, 2.75) is 154 Å². The molecule has 0 heterocycles. The van der Waals surface area contributed by atoms with Crippen molar-refractivity contribution in [2.75, 3.05) is 0 Å². The smallest absolute Gasteiger partial charge is 0.267 e. The molecule has 2 atom stereocenters. The molecule has 0 rings (SSSR count). The van der Waals surface area contributed by atoms with Gasteiger partial charge in [0.2, 0.25) is 0 Å². The van der Waals surface area contributed by atoms with Crippen LogP contribution in [-0.2, 0) is 10.1 Å². The number of hydrogen-bond acceptors (Lipinski definition) is 3. The van der Waals surface area contributed by atoms with Crippen LogP contribution < -0.4 is 0 Å². The Labute approximate surface area is 182 Å². The van der Waals surface area contributed by atoms with Crippen molar-refractivity contribution >= 4 is 10.1 Å². The molecular formula is C24H50O4S. The van der Waals surface area contributed by atoms with Gasteiger partial charge in [-0.3, -0.25) is 4.55 Å². The molecule has 0 saturated carbocycles. The van der Waals surface area contributed by atoms with Crippen LogP contribution in [0.15, 0.2) is 0 Å². The predicted octanol–water partition coefficient (Wildman–Crippen LogP) is 7.45. The summed E-state index contributed by atoms with van der Waals surface area (Å²) in [6.07, 6.45) is 22.5. The van der Waals surface area contributed by atoms with Crippen molar-refractivity contribution in [3.05, 3.63) is 0 Å². The summed E-state index contributed by atoms with van der Waals surface area (Å²) in [5, 5.41) is 9.48. The van der Waals surface area contributed by atoms with E-state index < -0.39 is 15.4 Å². The van der Waals surface area contributed by atoms with E-state index in [1.54, 1.807) is 6.92 Å². The minimum Gasteiger partial charge on any atom is -0.393 e. The number of aliphatic hydroxyl groups excluding tert-OH is 1. The third kappa shape index (κ3) is 19.6. The van der Waals surface area contributed by atoms with Gasteiger partial charge in [0.05, 0.1) is 11.4 Å². The summed E-state index contributed by atoms with van der Waals surface area (Å²) in [7, 11) is -3.89. The van der Waals surface area contributed by atoms with E-state index in [2.05, 4.69) is 6.92 Å². The summed E-state index contributed by atoms with van der Waals surface area (Å²) in [5.41, 5.74) is 0. The summed E-state index contributed by atoms with van der Waals surface area (Å²) in [5.74, 6) is 0. The number of aliphatic hydroxyl groups is 1. The Hall–Kier alpha value is -0.130. The Kier molecular flexibility index (Phi) is 19.7. The Balaban J connectivity index is 3.35. The summed E-state index contributed by atoms with van der Waals surface area (Å²) in [4.78, 5) is 0. The largest absolute Gasteiger partial charge is 0.393 e. The normalized spacial score (nSPS) is 14.2. The van der Waals surface area contributed by atoms with Crippen molar-refractivity contribution in [2.24, 2.45) is 0 Å². The molecule has 0 aliphatic heterocycles. The topological polar surface area (TPSA) is 74.6 Å². The minimum absolute atomic E-state index is 0.181. The molecule has 29 heavy (non-hydrogen) atoms. The molecule has 0 fully saturated rings. The van der Waals surface area contributed by atoms with Gasteiger partial charge in [-0.25, -0.2) is 0 Å². The Morgan fingerprint density at radius 3 is 1.28 bits per heavy atom. The fourth-order valence-corrected chi connectivity index (χ4v) is 4.92. The zero-order valence-electron chi connectivity index (χ0n) is 19.4. The average Bonchev–Trinajstić information content (AvgIpc) is 2.67. The molecule has 176 valence electrons. The van der Waals surface area contributed by atoms with Crippen molar-refractivity contribution in [3.63, 3.8) is 0 Å². The minimum atomic E-state index is -3.89. The lowest BCUT2D eigenvalue weighted by Crippen LogP contribution is -2.19. The first-order chi connectivity index (χ1) is 13.9. The van der Waals surface area contributed by atoms with E-state index in [4.69, 9.17) is 4.55 Å². The zero-order chi connectivity index (χ0) is 21.8. The summed E-state index contributed by atoms with van der Waals surface area (Å²) >= 11 is 0. The molecule has 0 radical (unpaired) electrons. The van der Waals surface area contributed by atoms with Gasteiger partial charge in [0, 0.05) is 0 Å². The van der Waals surface area contributed by atoms with Crippen LogP contribution in [0.25, 0.3) is 0 Å². The van der Waals surface area contributed by atoms with Gasteiger partial charge in [-0.1, -0.05) is 117 Å². The molecule has 4 nitrogen and oxygen atoms in total. The van der Waals surface area contributed by atoms with Crippen LogP contribution in [0.1, 0.15) is 142 Å². The molecule has 0 saturated heterocycles. The third-order valence-corrected chi connectivity index (χ3v) is 7.49. The molecule has 0 aromatic carbocycles. The van der Waals surface area contributed by atoms with E-state index in [-0.39, 0.29) is 6.10 Å².